The highest BCUT2D eigenvalue weighted by Gasteiger charge is 2.32. The van der Waals surface area contributed by atoms with Crippen LogP contribution in [0.25, 0.3) is 0 Å². The zero-order valence-electron chi connectivity index (χ0n) is 16.2. The number of benzene rings is 1. The third-order valence-electron chi connectivity index (χ3n) is 5.89. The number of H-pyrrole nitrogens is 1. The van der Waals surface area contributed by atoms with E-state index in [1.54, 1.807) is 15.9 Å². The second-order valence-electron chi connectivity index (χ2n) is 7.52. The number of aromatic amines is 1. The van der Waals surface area contributed by atoms with Crippen LogP contribution in [0.3, 0.4) is 0 Å². The van der Waals surface area contributed by atoms with Crippen LogP contribution in [0.1, 0.15) is 46.1 Å². The van der Waals surface area contributed by atoms with Crippen LogP contribution in [0.5, 0.6) is 0 Å². The molecule has 3 heterocycles. The van der Waals surface area contributed by atoms with E-state index in [0.717, 1.165) is 29.7 Å². The molecule has 29 heavy (non-hydrogen) atoms. The largest absolute Gasteiger partial charge is 0.356 e. The number of piperidine rings is 1. The molecule has 156 valence electrons. The van der Waals surface area contributed by atoms with E-state index in [4.69, 9.17) is 16.3 Å². The van der Waals surface area contributed by atoms with Crippen molar-refractivity contribution >= 4 is 17.5 Å². The lowest BCUT2D eigenvalue weighted by atomic mass is 9.89. The molecule has 2 aliphatic heterocycles. The van der Waals surface area contributed by atoms with Crippen LogP contribution < -0.4 is 0 Å². The van der Waals surface area contributed by atoms with Gasteiger partial charge < -0.3 is 14.7 Å². The predicted octanol–water partition coefficient (Wildman–Crippen LogP) is 2.50. The number of nitrogens with zero attached hydrogens (tertiary/aromatic N) is 3. The third-order valence-corrected chi connectivity index (χ3v) is 6.29. The lowest BCUT2D eigenvalue weighted by Gasteiger charge is -2.33. The maximum atomic E-state index is 13.8. The number of fused-ring (bicyclic) bond motifs is 1. The Labute approximate surface area is 173 Å². The van der Waals surface area contributed by atoms with E-state index in [1.807, 2.05) is 6.07 Å². The average molecular weight is 423 g/mol. The fraction of sp³-hybridized carbons (Fsp3) is 0.500. The summed E-state index contributed by atoms with van der Waals surface area (Å²) >= 11 is 6.13. The van der Waals surface area contributed by atoms with Crippen LogP contribution in [-0.2, 0) is 17.7 Å². The van der Waals surface area contributed by atoms with Gasteiger partial charge in [0.05, 0.1) is 10.7 Å². The molecule has 0 spiro atoms. The van der Waals surface area contributed by atoms with Gasteiger partial charge in [-0.15, -0.1) is 0 Å². The van der Waals surface area contributed by atoms with Gasteiger partial charge in [0, 0.05) is 38.9 Å². The molecule has 7 nitrogen and oxygen atoms in total. The molecule has 2 N–H and O–H groups in total. The summed E-state index contributed by atoms with van der Waals surface area (Å²) in [6.45, 7) is 2.19. The minimum atomic E-state index is -0.973. The summed E-state index contributed by atoms with van der Waals surface area (Å²) in [5.41, 5.74) is 3.00. The normalized spacial score (nSPS) is 19.2. The number of carbonyl (C=O) groups is 1. The Morgan fingerprint density at radius 1 is 1.38 bits per heavy atom. The van der Waals surface area contributed by atoms with E-state index in [-0.39, 0.29) is 16.8 Å². The van der Waals surface area contributed by atoms with Gasteiger partial charge in [0.2, 0.25) is 6.41 Å². The minimum absolute atomic E-state index is 0.0907. The highest BCUT2D eigenvalue weighted by atomic mass is 35.5. The molecule has 1 aromatic carbocycles. The van der Waals surface area contributed by atoms with Crippen LogP contribution in [-0.4, -0.2) is 64.2 Å². The maximum Gasteiger partial charge on any atom is 0.274 e. The van der Waals surface area contributed by atoms with Crippen molar-refractivity contribution in [2.75, 3.05) is 26.7 Å². The fourth-order valence-corrected chi connectivity index (χ4v) is 4.51. The van der Waals surface area contributed by atoms with Crippen LogP contribution in [0, 0.1) is 5.82 Å². The van der Waals surface area contributed by atoms with Crippen molar-refractivity contribution in [3.63, 3.8) is 0 Å². The van der Waals surface area contributed by atoms with Crippen LogP contribution >= 0.6 is 11.6 Å². The number of aliphatic hydroxyl groups is 1. The van der Waals surface area contributed by atoms with Crippen molar-refractivity contribution in [2.45, 2.75) is 38.1 Å². The molecule has 4 rings (SSSR count). The average Bonchev–Trinajstić information content (AvgIpc) is 3.18. The first kappa shape index (κ1) is 20.3. The molecule has 0 bridgehead atoms. The van der Waals surface area contributed by atoms with Crippen LogP contribution in [0.4, 0.5) is 4.39 Å². The number of hydrogen-bond donors (Lipinski definition) is 2. The molecule has 1 saturated heterocycles. The van der Waals surface area contributed by atoms with Gasteiger partial charge in [-0.1, -0.05) is 23.7 Å². The van der Waals surface area contributed by atoms with E-state index >= 15 is 0 Å². The van der Waals surface area contributed by atoms with Gasteiger partial charge in [0.1, 0.15) is 5.82 Å². The highest BCUT2D eigenvalue weighted by Crippen LogP contribution is 2.34. The van der Waals surface area contributed by atoms with Gasteiger partial charge in [0.25, 0.3) is 5.91 Å². The predicted molar refractivity (Wildman–Crippen MR) is 105 cm³/mol. The summed E-state index contributed by atoms with van der Waals surface area (Å²) in [6.07, 6.45) is 1.10. The van der Waals surface area contributed by atoms with Gasteiger partial charge in [-0.3, -0.25) is 9.89 Å². The minimum Gasteiger partial charge on any atom is -0.356 e. The molecule has 0 saturated carbocycles. The lowest BCUT2D eigenvalue weighted by Crippen LogP contribution is -2.41. The second-order valence-corrected chi connectivity index (χ2v) is 7.90. The topological polar surface area (TPSA) is 81.7 Å². The van der Waals surface area contributed by atoms with E-state index in [0.29, 0.717) is 38.3 Å². The Bertz CT molecular complexity index is 898. The number of likely N-dealkylation sites (tertiary alicyclic amines) is 1. The third kappa shape index (κ3) is 3.90. The Morgan fingerprint density at radius 3 is 2.86 bits per heavy atom. The smallest absolute Gasteiger partial charge is 0.274 e. The molecule has 1 amide bonds. The summed E-state index contributed by atoms with van der Waals surface area (Å²) in [4.78, 5) is 16.6. The number of halogens is 2. The Kier molecular flexibility index (Phi) is 5.87. The summed E-state index contributed by atoms with van der Waals surface area (Å²) in [6, 6.07) is 4.89. The molecule has 1 fully saturated rings. The number of aliphatic hydroxyl groups excluding tert-OH is 1. The first-order chi connectivity index (χ1) is 14.0. The molecule has 2 aliphatic rings. The van der Waals surface area contributed by atoms with Crippen LogP contribution in [0.2, 0.25) is 5.02 Å². The van der Waals surface area contributed by atoms with Crippen molar-refractivity contribution < 1.29 is 19.0 Å². The van der Waals surface area contributed by atoms with Gasteiger partial charge >= 0.3 is 0 Å². The number of ether oxygens (including phenoxy) is 1. The molecular weight excluding hydrogens is 399 g/mol. The molecule has 1 atom stereocenters. The number of aromatic nitrogens is 2. The van der Waals surface area contributed by atoms with E-state index in [1.165, 1.54) is 13.2 Å². The van der Waals surface area contributed by atoms with Gasteiger partial charge in [0.15, 0.2) is 5.69 Å². The van der Waals surface area contributed by atoms with Gasteiger partial charge in [-0.25, -0.2) is 9.29 Å². The first-order valence-corrected chi connectivity index (χ1v) is 10.1. The van der Waals surface area contributed by atoms with Crippen molar-refractivity contribution in [1.82, 2.24) is 20.0 Å². The SMILES string of the molecule is COC(O)N1CCc2c(C(=O)N3CCC(c4cccc(F)c4Cl)CC3)n[nH]c2C1. The summed E-state index contributed by atoms with van der Waals surface area (Å²) in [5.74, 6) is -0.357. The van der Waals surface area contributed by atoms with Gasteiger partial charge in [-0.2, -0.15) is 5.10 Å². The van der Waals surface area contributed by atoms with E-state index in [2.05, 4.69) is 10.2 Å². The number of carbonyl (C=O) groups excluding carboxylic acids is 1. The molecule has 0 radical (unpaired) electrons. The zero-order valence-corrected chi connectivity index (χ0v) is 17.0. The maximum absolute atomic E-state index is 13.8. The molecule has 0 aliphatic carbocycles. The second kappa shape index (κ2) is 8.39. The Morgan fingerprint density at radius 2 is 2.14 bits per heavy atom. The van der Waals surface area contributed by atoms with Crippen molar-refractivity contribution in [1.29, 1.82) is 0 Å². The number of methoxy groups -OCH3 is 1. The first-order valence-electron chi connectivity index (χ1n) is 9.73. The quantitative estimate of drug-likeness (QED) is 0.740. The molecular formula is C20H24ClFN4O3. The molecule has 1 aromatic heterocycles. The van der Waals surface area contributed by atoms with Crippen molar-refractivity contribution in [3.05, 3.63) is 51.6 Å². The lowest BCUT2D eigenvalue weighted by molar-refractivity contribution is -0.181. The number of nitrogens with one attached hydrogen (secondary N) is 1. The van der Waals surface area contributed by atoms with Crippen molar-refractivity contribution in [3.8, 4) is 0 Å². The van der Waals surface area contributed by atoms with E-state index < -0.39 is 12.2 Å². The van der Waals surface area contributed by atoms with Crippen molar-refractivity contribution in [2.24, 2.45) is 0 Å². The monoisotopic (exact) mass is 422 g/mol. The number of hydrogen-bond acceptors (Lipinski definition) is 5. The molecule has 9 heteroatoms. The number of rotatable bonds is 4. The van der Waals surface area contributed by atoms with Crippen LogP contribution in [0.15, 0.2) is 18.2 Å². The van der Waals surface area contributed by atoms with E-state index in [9.17, 15) is 14.3 Å². The van der Waals surface area contributed by atoms with Gasteiger partial charge in [-0.05, 0) is 36.8 Å². The highest BCUT2D eigenvalue weighted by molar-refractivity contribution is 6.31. The fourth-order valence-electron chi connectivity index (χ4n) is 4.23. The zero-order chi connectivity index (χ0) is 20.5. The molecule has 1 unspecified atom stereocenters. The standard InChI is InChI=1S/C20H24ClFN4O3/c1-29-20(28)26-10-7-14-16(11-26)23-24-18(14)19(27)25-8-5-12(6-9-25)13-3-2-4-15(22)17(13)21/h2-4,12,20,28H,5-11H2,1H3,(H,23,24). The summed E-state index contributed by atoms with van der Waals surface area (Å²) in [5, 5.41) is 17.2. The number of amides is 1. The Hall–Kier alpha value is -2.00. The molecule has 2 aromatic rings. The summed E-state index contributed by atoms with van der Waals surface area (Å²) in [7, 11) is 1.45. The Balaban J connectivity index is 1.42. The summed E-state index contributed by atoms with van der Waals surface area (Å²) < 4.78 is 18.7.